The van der Waals surface area contributed by atoms with E-state index in [1.54, 1.807) is 0 Å². The molecular weight excluding hydrogens is 1720 g/mol. The molecule has 0 spiro atoms. The second-order valence-corrected chi connectivity index (χ2v) is 35.9. The van der Waals surface area contributed by atoms with Crippen LogP contribution in [0.3, 0.4) is 0 Å². The van der Waals surface area contributed by atoms with Gasteiger partial charge in [0.05, 0.1) is 33.1 Å². The Morgan fingerprint density at radius 3 is 0.669 bits per heavy atom. The van der Waals surface area contributed by atoms with Gasteiger partial charge in [0, 0.05) is 101 Å². The number of aromatic nitrogens is 3. The fourth-order valence-electron chi connectivity index (χ4n) is 20.5. The Labute approximate surface area is 827 Å². The number of para-hydroxylation sites is 4. The van der Waals surface area contributed by atoms with Crippen molar-refractivity contribution in [1.82, 2.24) is 13.7 Å². The van der Waals surface area contributed by atoms with Gasteiger partial charge in [0.2, 0.25) is 0 Å². The summed E-state index contributed by atoms with van der Waals surface area (Å²) >= 11 is 0. The first-order valence-electron chi connectivity index (χ1n) is 48.6. The van der Waals surface area contributed by atoms with Crippen LogP contribution >= 0.6 is 0 Å². The van der Waals surface area contributed by atoms with E-state index in [1.165, 1.54) is 154 Å². The molecule has 3 aromatic heterocycles. The van der Waals surface area contributed by atoms with Crippen LogP contribution in [-0.2, 0) is 0 Å². The number of rotatable bonds is 19. The maximum atomic E-state index is 2.42. The molecule has 0 saturated carbocycles. The van der Waals surface area contributed by atoms with Crippen LogP contribution in [-0.4, -0.2) is 13.7 Å². The van der Waals surface area contributed by atoms with Crippen LogP contribution in [0.1, 0.15) is 0 Å². The molecule has 0 aliphatic carbocycles. The van der Waals surface area contributed by atoms with Crippen molar-refractivity contribution in [2.75, 3.05) is 14.7 Å². The summed E-state index contributed by atoms with van der Waals surface area (Å²) in [4.78, 5) is 7.07. The van der Waals surface area contributed by atoms with Gasteiger partial charge in [-0.2, -0.15) is 0 Å². The molecule has 142 heavy (non-hydrogen) atoms. The molecule has 0 bridgehead atoms. The van der Waals surface area contributed by atoms with Crippen LogP contribution in [0.15, 0.2) is 582 Å². The monoisotopic (exact) mass is 1810 g/mol. The lowest BCUT2D eigenvalue weighted by Crippen LogP contribution is -2.10. The quantitative estimate of drug-likeness (QED) is 0.0806. The third-order valence-electron chi connectivity index (χ3n) is 27.4. The highest BCUT2D eigenvalue weighted by Gasteiger charge is 2.25. The average molecular weight is 1810 g/mol. The van der Waals surface area contributed by atoms with Gasteiger partial charge in [0.1, 0.15) is 0 Å². The Kier molecular flexibility index (Phi) is 23.4. The van der Waals surface area contributed by atoms with Crippen LogP contribution in [0.5, 0.6) is 0 Å². The zero-order valence-corrected chi connectivity index (χ0v) is 78.1. The Bertz CT molecular complexity index is 8800. The van der Waals surface area contributed by atoms with Crippen LogP contribution in [0.25, 0.3) is 171 Å². The van der Waals surface area contributed by atoms with Gasteiger partial charge < -0.3 is 28.4 Å². The van der Waals surface area contributed by atoms with Gasteiger partial charge in [-0.15, -0.1) is 0 Å². The third-order valence-corrected chi connectivity index (χ3v) is 27.4. The van der Waals surface area contributed by atoms with E-state index in [-0.39, 0.29) is 0 Å². The van der Waals surface area contributed by atoms with E-state index in [0.717, 1.165) is 68.2 Å². The standard InChI is InChI=1S/C52H36N2.2C42H30N2/c1-4-12-37(13-5-1)40-20-27-44(28-21-40)53(45-29-22-41(23-30-45)38-14-6-2-7-15-38)47-33-35-50-49(36-47)52-48-19-11-10-18-43(48)26-34-51(52)54(50)46-31-24-42(25-32-46)39-16-8-3-9-17-39;1-4-12-31(13-5-1)33-20-24-36(25-21-33)43(35-16-8-3-9-17-35)38-28-29-42-40(30-38)39-18-10-11-19-41(39)44(42)37-26-22-34(23-27-37)32-14-6-2-7-15-32;1-4-12-31(13-5-1)33-20-24-36(25-21-33)43(35-16-8-3-9-17-35)38-28-29-40-39-18-10-11-19-41(39)44(42(40)30-38)37-26-22-34(23-27-37)32-14-6-2-7-15-32/h1-36H;2*1-30H. The number of nitrogens with zero attached hydrogens (tertiary/aromatic N) is 6. The summed E-state index contributed by atoms with van der Waals surface area (Å²) in [5, 5.41) is 9.93. The van der Waals surface area contributed by atoms with Gasteiger partial charge in [0.25, 0.3) is 0 Å². The summed E-state index contributed by atoms with van der Waals surface area (Å²) in [5.74, 6) is 0. The normalized spacial score (nSPS) is 11.2. The molecule has 0 atom stereocenters. The maximum absolute atomic E-state index is 2.42. The van der Waals surface area contributed by atoms with Crippen molar-refractivity contribution >= 4 is 127 Å². The lowest BCUT2D eigenvalue weighted by atomic mass is 10.0. The van der Waals surface area contributed by atoms with Gasteiger partial charge in [-0.1, -0.05) is 406 Å². The molecule has 0 radical (unpaired) electrons. The highest BCUT2D eigenvalue weighted by molar-refractivity contribution is 6.22. The lowest BCUT2D eigenvalue weighted by Gasteiger charge is -2.26. The van der Waals surface area contributed by atoms with E-state index in [2.05, 4.69) is 611 Å². The van der Waals surface area contributed by atoms with Crippen LogP contribution in [0, 0.1) is 0 Å². The van der Waals surface area contributed by atoms with Crippen LogP contribution in [0.4, 0.5) is 51.2 Å². The molecule has 26 aromatic rings. The van der Waals surface area contributed by atoms with Crippen LogP contribution < -0.4 is 14.7 Å². The average Bonchev–Trinajstić information content (AvgIpc) is 1.57. The maximum Gasteiger partial charge on any atom is 0.0561 e. The van der Waals surface area contributed by atoms with E-state index in [1.807, 2.05) is 0 Å². The third kappa shape index (κ3) is 17.1. The van der Waals surface area contributed by atoms with E-state index in [9.17, 15) is 0 Å². The summed E-state index contributed by atoms with van der Waals surface area (Å²) in [6.45, 7) is 0. The fourth-order valence-corrected chi connectivity index (χ4v) is 20.5. The van der Waals surface area contributed by atoms with Gasteiger partial charge >= 0.3 is 0 Å². The molecule has 0 unspecified atom stereocenters. The van der Waals surface area contributed by atoms with Crippen LogP contribution in [0.2, 0.25) is 0 Å². The zero-order chi connectivity index (χ0) is 94.4. The number of benzene rings is 23. The smallest absolute Gasteiger partial charge is 0.0561 e. The molecule has 0 N–H and O–H groups in total. The molecule has 670 valence electrons. The minimum absolute atomic E-state index is 1.10. The SMILES string of the molecule is c1ccc(-c2ccc(N(c3ccc(-c4ccccc4)cc3)c3ccc4c(c3)c3c5ccccc5ccc3n4-c3ccc(-c4ccccc4)cc3)cc2)cc1.c1ccc(-c2ccc(N(c3ccccc3)c3ccc4c(c3)c3ccccc3n4-c3ccc(-c4ccccc4)cc3)cc2)cc1.c1ccc(-c2ccc(N(c3ccccc3)c3ccc4c5ccccc5n(-c5ccc(-c6ccccc6)cc5)c4c3)cc2)cc1. The van der Waals surface area contributed by atoms with Gasteiger partial charge in [-0.3, -0.25) is 0 Å². The van der Waals surface area contributed by atoms with Crippen molar-refractivity contribution in [3.05, 3.63) is 582 Å². The second kappa shape index (κ2) is 38.7. The minimum atomic E-state index is 1.10. The van der Waals surface area contributed by atoms with E-state index in [0.29, 0.717) is 0 Å². The second-order valence-electron chi connectivity index (χ2n) is 35.9. The van der Waals surface area contributed by atoms with Gasteiger partial charge in [-0.05, 0) is 265 Å². The van der Waals surface area contributed by atoms with Gasteiger partial charge in [-0.25, -0.2) is 0 Å². The number of anilines is 9. The summed E-state index contributed by atoms with van der Waals surface area (Å²) < 4.78 is 7.19. The van der Waals surface area contributed by atoms with E-state index < -0.39 is 0 Å². The van der Waals surface area contributed by atoms with Crippen molar-refractivity contribution in [2.24, 2.45) is 0 Å². The molecule has 26 rings (SSSR count). The molecule has 6 heteroatoms. The Hall–Kier alpha value is -18.9. The molecule has 0 amide bonds. The number of hydrogen-bond acceptors (Lipinski definition) is 3. The molecular formula is C136H96N6. The van der Waals surface area contributed by atoms with E-state index >= 15 is 0 Å². The highest BCUT2D eigenvalue weighted by atomic mass is 15.2. The molecule has 23 aromatic carbocycles. The first kappa shape index (κ1) is 86.0. The minimum Gasteiger partial charge on any atom is -0.310 e. The highest BCUT2D eigenvalue weighted by Crippen LogP contribution is 2.48. The zero-order valence-electron chi connectivity index (χ0n) is 78.1. The van der Waals surface area contributed by atoms with Crippen molar-refractivity contribution < 1.29 is 0 Å². The number of fused-ring (bicyclic) bond motifs is 11. The Morgan fingerprint density at radius 2 is 0.324 bits per heavy atom. The van der Waals surface area contributed by atoms with Crippen molar-refractivity contribution in [3.63, 3.8) is 0 Å². The first-order valence-corrected chi connectivity index (χ1v) is 48.6. The molecule has 3 heterocycles. The summed E-state index contributed by atoms with van der Waals surface area (Å²) in [7, 11) is 0. The molecule has 0 aliphatic heterocycles. The van der Waals surface area contributed by atoms with Crippen molar-refractivity contribution in [2.45, 2.75) is 0 Å². The summed E-state index contributed by atoms with van der Waals surface area (Å²) in [6.07, 6.45) is 0. The predicted octanol–water partition coefficient (Wildman–Crippen LogP) is 37.6. The first-order chi connectivity index (χ1) is 70.4. The number of hydrogen-bond donors (Lipinski definition) is 0. The Balaban J connectivity index is 0.000000116. The largest absolute Gasteiger partial charge is 0.310 e. The predicted molar refractivity (Wildman–Crippen MR) is 602 cm³/mol. The molecule has 6 nitrogen and oxygen atoms in total. The van der Waals surface area contributed by atoms with Crippen molar-refractivity contribution in [1.29, 1.82) is 0 Å². The molecule has 0 saturated heterocycles. The van der Waals surface area contributed by atoms with E-state index in [4.69, 9.17) is 0 Å². The molecule has 0 aliphatic rings. The van der Waals surface area contributed by atoms with Crippen molar-refractivity contribution in [3.8, 4) is 95.0 Å². The topological polar surface area (TPSA) is 24.5 Å². The Morgan fingerprint density at radius 1 is 0.113 bits per heavy atom. The van der Waals surface area contributed by atoms with Gasteiger partial charge in [0.15, 0.2) is 0 Å². The summed E-state index contributed by atoms with van der Waals surface area (Å²) in [5.41, 5.74) is 37.6. The lowest BCUT2D eigenvalue weighted by molar-refractivity contribution is 1.18. The molecule has 0 fully saturated rings. The summed E-state index contributed by atoms with van der Waals surface area (Å²) in [6, 6.07) is 209. The fraction of sp³-hybridized carbons (Fsp3) is 0.